The normalized spacial score (nSPS) is 12.5. The minimum atomic E-state index is 0.454. The Morgan fingerprint density at radius 1 is 0.344 bits per heavy atom. The second-order valence-electron chi connectivity index (χ2n) is 19.0. The van der Waals surface area contributed by atoms with Gasteiger partial charge in [-0.25, -0.2) is 0 Å². The first kappa shape index (κ1) is 50.1. The number of nitrogens with two attached hydrogens (primary N) is 2. The molecule has 0 heterocycles. The maximum Gasteiger partial charge on any atom is 0.0316 e. The van der Waals surface area contributed by atoms with E-state index in [-0.39, 0.29) is 0 Å². The van der Waals surface area contributed by atoms with Crippen LogP contribution in [0.15, 0.2) is 84.9 Å². The quantitative estimate of drug-likeness (QED) is 0.0364. The maximum atomic E-state index is 6.16. The molecule has 2 unspecified atom stereocenters. The minimum Gasteiger partial charge on any atom is -0.399 e. The van der Waals surface area contributed by atoms with Gasteiger partial charge in [0.1, 0.15) is 0 Å². The van der Waals surface area contributed by atoms with E-state index in [4.69, 9.17) is 11.5 Å². The second kappa shape index (κ2) is 30.5. The van der Waals surface area contributed by atoms with Crippen LogP contribution in [-0.2, 0) is 12.8 Å². The highest BCUT2D eigenvalue weighted by Crippen LogP contribution is 2.35. The lowest BCUT2D eigenvalue weighted by Gasteiger charge is -2.21. The fourth-order valence-corrected chi connectivity index (χ4v) is 9.88. The van der Waals surface area contributed by atoms with Gasteiger partial charge in [-0.2, -0.15) is 0 Å². The third kappa shape index (κ3) is 19.6. The molecule has 4 rings (SSSR count). The molecule has 0 amide bonds. The smallest absolute Gasteiger partial charge is 0.0316 e. The number of rotatable bonds is 34. The van der Waals surface area contributed by atoms with Gasteiger partial charge in [0.2, 0.25) is 0 Å². The molecule has 0 fully saturated rings. The fourth-order valence-electron chi connectivity index (χ4n) is 9.88. The first-order valence-electron chi connectivity index (χ1n) is 25.8. The number of hydrogen-bond donors (Lipinski definition) is 2. The van der Waals surface area contributed by atoms with Crippen molar-refractivity contribution in [2.45, 2.75) is 226 Å². The zero-order chi connectivity index (χ0) is 43.3. The van der Waals surface area contributed by atoms with E-state index in [1.165, 1.54) is 231 Å². The summed E-state index contributed by atoms with van der Waals surface area (Å²) in [5.74, 6) is 0.907. The largest absolute Gasteiger partial charge is 0.399 e. The molecule has 336 valence electrons. The monoisotopic (exact) mass is 827 g/mol. The van der Waals surface area contributed by atoms with Crippen molar-refractivity contribution in [3.05, 3.63) is 129 Å². The molecule has 4 aromatic carbocycles. The van der Waals surface area contributed by atoms with E-state index in [1.807, 2.05) is 0 Å². The van der Waals surface area contributed by atoms with Crippen LogP contribution in [0, 0.1) is 13.8 Å². The lowest BCUT2D eigenvalue weighted by molar-refractivity contribution is 0.545. The number of hydrogen-bond acceptors (Lipinski definition) is 2. The van der Waals surface area contributed by atoms with E-state index >= 15 is 0 Å². The third-order valence-corrected chi connectivity index (χ3v) is 13.7. The highest BCUT2D eigenvalue weighted by atomic mass is 14.5. The van der Waals surface area contributed by atoms with Gasteiger partial charge in [0.25, 0.3) is 0 Å². The van der Waals surface area contributed by atoms with Gasteiger partial charge in [0.05, 0.1) is 0 Å². The SMILES string of the molecule is CCCCCCCCCCCC(c1ccc(CCCCCCCCCc2ccc(C(CCCCCCCCCCC)c3ccc(N)cc3C)cc2)cc1)c1ccc(N)cc1C. The summed E-state index contributed by atoms with van der Waals surface area (Å²) in [5.41, 5.74) is 25.5. The molecule has 2 nitrogen and oxygen atoms in total. The minimum absolute atomic E-state index is 0.454. The molecule has 0 radical (unpaired) electrons. The number of unbranched alkanes of at least 4 members (excludes halogenated alkanes) is 22. The summed E-state index contributed by atoms with van der Waals surface area (Å²) in [5, 5.41) is 0. The molecule has 0 bridgehead atoms. The zero-order valence-electron chi connectivity index (χ0n) is 39.9. The van der Waals surface area contributed by atoms with Gasteiger partial charge < -0.3 is 11.5 Å². The van der Waals surface area contributed by atoms with Gasteiger partial charge in [-0.1, -0.05) is 222 Å². The molecule has 0 spiro atoms. The summed E-state index contributed by atoms with van der Waals surface area (Å²) in [6, 6.07) is 32.4. The van der Waals surface area contributed by atoms with Crippen molar-refractivity contribution in [2.75, 3.05) is 11.5 Å². The van der Waals surface area contributed by atoms with Crippen molar-refractivity contribution in [1.82, 2.24) is 0 Å². The molecule has 61 heavy (non-hydrogen) atoms. The Bertz CT molecular complexity index is 1580. The molecule has 0 aliphatic carbocycles. The third-order valence-electron chi connectivity index (χ3n) is 13.7. The summed E-state index contributed by atoms with van der Waals surface area (Å²) in [4.78, 5) is 0. The Labute approximate surface area is 376 Å². The molecule has 0 saturated heterocycles. The van der Waals surface area contributed by atoms with Gasteiger partial charge in [-0.15, -0.1) is 0 Å². The average Bonchev–Trinajstić information content (AvgIpc) is 3.26. The van der Waals surface area contributed by atoms with Crippen LogP contribution in [0.2, 0.25) is 0 Å². The van der Waals surface area contributed by atoms with Crippen molar-refractivity contribution in [3.63, 3.8) is 0 Å². The molecule has 4 N–H and O–H groups in total. The summed E-state index contributed by atoms with van der Waals surface area (Å²) in [7, 11) is 0. The first-order valence-corrected chi connectivity index (χ1v) is 25.8. The number of anilines is 2. The van der Waals surface area contributed by atoms with Crippen LogP contribution in [0.1, 0.15) is 244 Å². The topological polar surface area (TPSA) is 52.0 Å². The molecule has 0 aromatic heterocycles. The molecule has 0 saturated carbocycles. The number of nitrogen functional groups attached to an aromatic ring is 2. The summed E-state index contributed by atoms with van der Waals surface area (Å²) in [6.07, 6.45) is 38.9. The molecule has 0 aliphatic heterocycles. The van der Waals surface area contributed by atoms with E-state index in [1.54, 1.807) is 0 Å². The van der Waals surface area contributed by atoms with Gasteiger partial charge >= 0.3 is 0 Å². The Balaban J connectivity index is 1.13. The predicted molar refractivity (Wildman–Crippen MR) is 271 cm³/mol. The summed E-state index contributed by atoms with van der Waals surface area (Å²) < 4.78 is 0. The number of benzene rings is 4. The molecular weight excluding hydrogens is 737 g/mol. The van der Waals surface area contributed by atoms with Crippen molar-refractivity contribution in [3.8, 4) is 0 Å². The van der Waals surface area contributed by atoms with Crippen molar-refractivity contribution in [1.29, 1.82) is 0 Å². The Hall–Kier alpha value is -3.52. The van der Waals surface area contributed by atoms with Crippen LogP contribution in [0.4, 0.5) is 11.4 Å². The lowest BCUT2D eigenvalue weighted by atomic mass is 9.84. The number of aryl methyl sites for hydroxylation is 4. The predicted octanol–water partition coefficient (Wildman–Crippen LogP) is 18.1. The van der Waals surface area contributed by atoms with Crippen LogP contribution < -0.4 is 11.5 Å². The molecular formula is C59H90N2. The van der Waals surface area contributed by atoms with Crippen molar-refractivity contribution < 1.29 is 0 Å². The van der Waals surface area contributed by atoms with E-state index in [0.717, 1.165) is 11.4 Å². The highest BCUT2D eigenvalue weighted by Gasteiger charge is 2.18. The van der Waals surface area contributed by atoms with Gasteiger partial charge in [0, 0.05) is 23.2 Å². The summed E-state index contributed by atoms with van der Waals surface area (Å²) >= 11 is 0. The van der Waals surface area contributed by atoms with E-state index < -0.39 is 0 Å². The Morgan fingerprint density at radius 3 is 0.951 bits per heavy atom. The second-order valence-corrected chi connectivity index (χ2v) is 19.0. The van der Waals surface area contributed by atoms with Gasteiger partial charge in [-0.3, -0.25) is 0 Å². The maximum absolute atomic E-state index is 6.16. The van der Waals surface area contributed by atoms with Gasteiger partial charge in [0.15, 0.2) is 0 Å². The highest BCUT2D eigenvalue weighted by molar-refractivity contribution is 5.49. The van der Waals surface area contributed by atoms with Crippen LogP contribution in [0.25, 0.3) is 0 Å². The molecule has 4 aromatic rings. The van der Waals surface area contributed by atoms with Gasteiger partial charge in [-0.05, 0) is 121 Å². The standard InChI is InChI=1S/C59H90N2/c1-5-7-9-11-13-15-20-24-28-32-58(56-44-42-54(60)46-48(56)3)52-38-34-50(35-39-52)30-26-22-18-17-19-23-27-31-51-36-40-53(41-37-51)59(57-45-43-55(61)47-49(57)4)33-29-25-21-16-14-12-10-8-6-2/h34-47,58-59H,5-33,60-61H2,1-4H3. The van der Waals surface area contributed by atoms with Crippen molar-refractivity contribution in [2.24, 2.45) is 0 Å². The first-order chi connectivity index (χ1) is 29.9. The molecule has 2 atom stereocenters. The Morgan fingerprint density at radius 2 is 0.639 bits per heavy atom. The summed E-state index contributed by atoms with van der Waals surface area (Å²) in [6.45, 7) is 9.07. The average molecular weight is 827 g/mol. The van der Waals surface area contributed by atoms with E-state index in [9.17, 15) is 0 Å². The Kier molecular flexibility index (Phi) is 25.1. The molecule has 0 aliphatic rings. The van der Waals surface area contributed by atoms with Crippen LogP contribution in [0.3, 0.4) is 0 Å². The van der Waals surface area contributed by atoms with E-state index in [0.29, 0.717) is 11.8 Å². The molecule has 2 heteroatoms. The van der Waals surface area contributed by atoms with Crippen molar-refractivity contribution >= 4 is 11.4 Å². The van der Waals surface area contributed by atoms with Crippen LogP contribution >= 0.6 is 0 Å². The van der Waals surface area contributed by atoms with Crippen LogP contribution in [0.5, 0.6) is 0 Å². The van der Waals surface area contributed by atoms with Crippen LogP contribution in [-0.4, -0.2) is 0 Å². The lowest BCUT2D eigenvalue weighted by Crippen LogP contribution is -2.05. The van der Waals surface area contributed by atoms with E-state index in [2.05, 4.69) is 113 Å². The zero-order valence-corrected chi connectivity index (χ0v) is 39.9. The fraction of sp³-hybridized carbons (Fsp3) is 0.593.